The molecule has 1 aromatic rings. The van der Waals surface area contributed by atoms with Crippen molar-refractivity contribution in [2.24, 2.45) is 0 Å². The van der Waals surface area contributed by atoms with Crippen LogP contribution in [-0.4, -0.2) is 45.7 Å². The maximum absolute atomic E-state index is 11.8. The number of hydrogen-bond donors (Lipinski definition) is 2. The fourth-order valence-electron chi connectivity index (χ4n) is 2.16. The molecule has 1 atom stereocenters. The van der Waals surface area contributed by atoms with Crippen LogP contribution in [0.3, 0.4) is 0 Å². The molecule has 7 nitrogen and oxygen atoms in total. The Balaban J connectivity index is 2.51. The van der Waals surface area contributed by atoms with Crippen molar-refractivity contribution in [2.75, 3.05) is 19.4 Å². The van der Waals surface area contributed by atoms with E-state index < -0.39 is 5.54 Å². The van der Waals surface area contributed by atoms with E-state index in [0.29, 0.717) is 24.7 Å². The lowest BCUT2D eigenvalue weighted by Gasteiger charge is -2.27. The summed E-state index contributed by atoms with van der Waals surface area (Å²) in [5, 5.41) is 10.3. The number of thioether (sulfide) groups is 1. The first-order valence-corrected chi connectivity index (χ1v) is 8.08. The van der Waals surface area contributed by atoms with E-state index in [9.17, 15) is 9.59 Å². The van der Waals surface area contributed by atoms with Crippen molar-refractivity contribution in [3.63, 3.8) is 0 Å². The quantitative estimate of drug-likeness (QED) is 0.401. The van der Waals surface area contributed by atoms with E-state index in [4.69, 9.17) is 4.74 Å². The number of H-pyrrole nitrogens is 1. The smallest absolute Gasteiger partial charge is 0.343 e. The average molecular weight is 316 g/mol. The van der Waals surface area contributed by atoms with E-state index in [-0.39, 0.29) is 11.7 Å². The minimum absolute atomic E-state index is 0.188. The third-order valence-electron chi connectivity index (χ3n) is 3.29. The zero-order chi connectivity index (χ0) is 15.9. The fraction of sp³-hybridized carbons (Fsp3) is 0.769. The number of esters is 1. The first kappa shape index (κ1) is 17.8. The summed E-state index contributed by atoms with van der Waals surface area (Å²) in [5.41, 5.74) is -0.855. The van der Waals surface area contributed by atoms with Gasteiger partial charge < -0.3 is 10.1 Å². The summed E-state index contributed by atoms with van der Waals surface area (Å²) in [6.07, 6.45) is 1.48. The lowest BCUT2D eigenvalue weighted by molar-refractivity contribution is -0.148. The van der Waals surface area contributed by atoms with Gasteiger partial charge in [0.15, 0.2) is 5.16 Å². The number of carbonyl (C=O) groups is 1. The second kappa shape index (κ2) is 8.23. The predicted molar refractivity (Wildman–Crippen MR) is 82.6 cm³/mol. The largest absolute Gasteiger partial charge is 0.468 e. The molecule has 0 aromatic carbocycles. The SMILES string of the molecule is CCNC(C)(CCCSc1n[nH]c(=O)n1CC)C(=O)OC. The van der Waals surface area contributed by atoms with Gasteiger partial charge in [0.05, 0.1) is 7.11 Å². The molecule has 0 radical (unpaired) electrons. The van der Waals surface area contributed by atoms with Crippen molar-refractivity contribution >= 4 is 17.7 Å². The Kier molecular flexibility index (Phi) is 6.97. The Hall–Kier alpha value is -1.28. The van der Waals surface area contributed by atoms with Crippen LogP contribution in [0.4, 0.5) is 0 Å². The molecule has 1 unspecified atom stereocenters. The molecule has 0 bridgehead atoms. The van der Waals surface area contributed by atoms with Crippen LogP contribution in [0, 0.1) is 0 Å². The monoisotopic (exact) mass is 316 g/mol. The molecule has 0 spiro atoms. The van der Waals surface area contributed by atoms with Gasteiger partial charge in [-0.05, 0) is 33.2 Å². The number of carbonyl (C=O) groups excluding carboxylic acids is 1. The van der Waals surface area contributed by atoms with Gasteiger partial charge in [-0.1, -0.05) is 18.7 Å². The van der Waals surface area contributed by atoms with Crippen LogP contribution in [0.2, 0.25) is 0 Å². The minimum atomic E-state index is -0.667. The Bertz CT molecular complexity index is 514. The van der Waals surface area contributed by atoms with Gasteiger partial charge in [0.25, 0.3) is 0 Å². The van der Waals surface area contributed by atoms with Crippen molar-refractivity contribution in [2.45, 2.75) is 50.9 Å². The second-order valence-corrected chi connectivity index (χ2v) is 5.92. The number of rotatable bonds is 9. The van der Waals surface area contributed by atoms with Crippen molar-refractivity contribution < 1.29 is 9.53 Å². The van der Waals surface area contributed by atoms with E-state index in [1.54, 1.807) is 4.57 Å². The normalized spacial score (nSPS) is 13.9. The number of methoxy groups -OCH3 is 1. The van der Waals surface area contributed by atoms with Crippen molar-refractivity contribution in [1.29, 1.82) is 0 Å². The standard InChI is InChI=1S/C13H24N4O3S/c1-5-14-13(3,10(18)20-4)8-7-9-21-12-16-15-11(19)17(12)6-2/h14H,5-9H2,1-4H3,(H,15,19). The van der Waals surface area contributed by atoms with Gasteiger partial charge in [-0.25, -0.2) is 9.89 Å². The second-order valence-electron chi connectivity index (χ2n) is 4.86. The number of likely N-dealkylation sites (N-methyl/N-ethyl adjacent to an activating group) is 1. The molecule has 120 valence electrons. The lowest BCUT2D eigenvalue weighted by atomic mass is 9.96. The van der Waals surface area contributed by atoms with E-state index in [2.05, 4.69) is 15.5 Å². The molecule has 0 aliphatic heterocycles. The molecule has 21 heavy (non-hydrogen) atoms. The number of aromatic amines is 1. The van der Waals surface area contributed by atoms with Crippen LogP contribution in [0.15, 0.2) is 9.95 Å². The molecule has 0 saturated carbocycles. The summed E-state index contributed by atoms with van der Waals surface area (Å²) in [6, 6.07) is 0. The summed E-state index contributed by atoms with van der Waals surface area (Å²) in [4.78, 5) is 23.3. The molecular formula is C13H24N4O3S. The summed E-state index contributed by atoms with van der Waals surface area (Å²) in [7, 11) is 1.40. The van der Waals surface area contributed by atoms with Gasteiger partial charge >= 0.3 is 11.7 Å². The molecular weight excluding hydrogens is 292 g/mol. The molecule has 2 N–H and O–H groups in total. The first-order chi connectivity index (χ1) is 9.98. The Morgan fingerprint density at radius 3 is 2.81 bits per heavy atom. The van der Waals surface area contributed by atoms with Gasteiger partial charge in [-0.2, -0.15) is 0 Å². The highest BCUT2D eigenvalue weighted by molar-refractivity contribution is 7.99. The van der Waals surface area contributed by atoms with E-state index in [1.807, 2.05) is 20.8 Å². The Labute approximate surface area is 128 Å². The molecule has 0 saturated heterocycles. The van der Waals surface area contributed by atoms with Crippen LogP contribution in [0.5, 0.6) is 0 Å². The fourth-order valence-corrected chi connectivity index (χ4v) is 3.11. The van der Waals surface area contributed by atoms with Gasteiger partial charge in [-0.3, -0.25) is 9.36 Å². The van der Waals surface area contributed by atoms with Crippen molar-refractivity contribution in [3.05, 3.63) is 10.5 Å². The van der Waals surface area contributed by atoms with Crippen LogP contribution < -0.4 is 11.0 Å². The summed E-state index contributed by atoms with van der Waals surface area (Å²) >= 11 is 1.51. The summed E-state index contributed by atoms with van der Waals surface area (Å²) < 4.78 is 6.44. The molecule has 0 aliphatic rings. The van der Waals surface area contributed by atoms with Crippen LogP contribution in [0.1, 0.15) is 33.6 Å². The third kappa shape index (κ3) is 4.60. The molecule has 1 aromatic heterocycles. The molecule has 0 amide bonds. The average Bonchev–Trinajstić information content (AvgIpc) is 2.83. The number of aromatic nitrogens is 3. The zero-order valence-electron chi connectivity index (χ0n) is 13.1. The topological polar surface area (TPSA) is 89.0 Å². The molecule has 1 rings (SSSR count). The van der Waals surface area contributed by atoms with Gasteiger partial charge in [0, 0.05) is 12.3 Å². The Morgan fingerprint density at radius 1 is 1.52 bits per heavy atom. The Morgan fingerprint density at radius 2 is 2.24 bits per heavy atom. The van der Waals surface area contributed by atoms with E-state index >= 15 is 0 Å². The van der Waals surface area contributed by atoms with Gasteiger partial charge in [-0.15, -0.1) is 5.10 Å². The highest BCUT2D eigenvalue weighted by Crippen LogP contribution is 2.20. The predicted octanol–water partition coefficient (Wildman–Crippen LogP) is 1.00. The van der Waals surface area contributed by atoms with E-state index in [0.717, 1.165) is 12.2 Å². The third-order valence-corrected chi connectivity index (χ3v) is 4.36. The number of nitrogens with zero attached hydrogens (tertiary/aromatic N) is 2. The first-order valence-electron chi connectivity index (χ1n) is 7.10. The number of nitrogens with one attached hydrogen (secondary N) is 2. The van der Waals surface area contributed by atoms with Crippen LogP contribution in [0.25, 0.3) is 0 Å². The number of hydrogen-bond acceptors (Lipinski definition) is 6. The van der Waals surface area contributed by atoms with E-state index in [1.165, 1.54) is 18.9 Å². The maximum Gasteiger partial charge on any atom is 0.343 e. The van der Waals surface area contributed by atoms with Gasteiger partial charge in [0.1, 0.15) is 5.54 Å². The highest BCUT2D eigenvalue weighted by Gasteiger charge is 2.32. The molecule has 1 heterocycles. The molecule has 0 fully saturated rings. The van der Waals surface area contributed by atoms with Crippen LogP contribution in [-0.2, 0) is 16.1 Å². The summed E-state index contributed by atoms with van der Waals surface area (Å²) in [6.45, 7) is 7.01. The van der Waals surface area contributed by atoms with Gasteiger partial charge in [0.2, 0.25) is 0 Å². The van der Waals surface area contributed by atoms with Crippen molar-refractivity contribution in [3.8, 4) is 0 Å². The molecule has 0 aliphatic carbocycles. The molecule has 8 heteroatoms. The lowest BCUT2D eigenvalue weighted by Crippen LogP contribution is -2.50. The highest BCUT2D eigenvalue weighted by atomic mass is 32.2. The summed E-state index contributed by atoms with van der Waals surface area (Å²) in [5.74, 6) is 0.530. The zero-order valence-corrected chi connectivity index (χ0v) is 13.9. The number of ether oxygens (including phenoxy) is 1. The van der Waals surface area contributed by atoms with Crippen LogP contribution >= 0.6 is 11.8 Å². The van der Waals surface area contributed by atoms with Crippen molar-refractivity contribution in [1.82, 2.24) is 20.1 Å². The maximum atomic E-state index is 11.8. The minimum Gasteiger partial charge on any atom is -0.468 e.